The molecule has 0 amide bonds. The van der Waals surface area contributed by atoms with Gasteiger partial charge in [0.05, 0.1) is 13.2 Å². The molecule has 0 aliphatic rings. The zero-order valence-corrected chi connectivity index (χ0v) is 20.4. The first-order valence-corrected chi connectivity index (χ1v) is 12.1. The lowest BCUT2D eigenvalue weighted by molar-refractivity contribution is 0.0536. The van der Waals surface area contributed by atoms with E-state index in [0.29, 0.717) is 11.5 Å². The topological polar surface area (TPSA) is 103 Å². The van der Waals surface area contributed by atoms with Gasteiger partial charge in [0.25, 0.3) is 0 Å². The van der Waals surface area contributed by atoms with E-state index in [0.717, 1.165) is 28.2 Å². The van der Waals surface area contributed by atoms with Crippen molar-refractivity contribution in [2.45, 2.75) is 12.2 Å². The number of nitrogens with zero attached hydrogens (tertiary/aromatic N) is 1. The van der Waals surface area contributed by atoms with Crippen LogP contribution in [0.15, 0.2) is 103 Å². The molecule has 192 valence electrons. The van der Waals surface area contributed by atoms with Crippen LogP contribution in [0.4, 0.5) is 17.1 Å². The minimum absolute atomic E-state index is 0.0252. The summed E-state index contributed by atoms with van der Waals surface area (Å²) in [6.45, 7) is -0.616. The van der Waals surface area contributed by atoms with Crippen molar-refractivity contribution in [2.24, 2.45) is 0 Å². The second-order valence-electron chi connectivity index (χ2n) is 8.53. The molecule has 0 saturated carbocycles. The Bertz CT molecular complexity index is 1210. The number of hydrogen-bond donors (Lipinski definition) is 4. The number of rotatable bonds is 12. The lowest BCUT2D eigenvalue weighted by Crippen LogP contribution is -2.21. The Labute approximate surface area is 216 Å². The molecule has 0 aromatic heterocycles. The third kappa shape index (κ3) is 7.09. The Morgan fingerprint density at radius 2 is 0.892 bits per heavy atom. The smallest absolute Gasteiger partial charge is 0.119 e. The zero-order valence-electron chi connectivity index (χ0n) is 20.4. The van der Waals surface area contributed by atoms with Gasteiger partial charge in [0.1, 0.15) is 36.9 Å². The molecule has 2 atom stereocenters. The summed E-state index contributed by atoms with van der Waals surface area (Å²) in [6.07, 6.45) is -1.82. The molecule has 4 aromatic rings. The summed E-state index contributed by atoms with van der Waals surface area (Å²) in [5, 5.41) is 36.9. The normalized spacial score (nSPS) is 12.5. The summed E-state index contributed by atoms with van der Waals surface area (Å²) in [6, 6.07) is 33.5. The Balaban J connectivity index is 1.53. The summed E-state index contributed by atoms with van der Waals surface area (Å²) < 4.78 is 11.0. The fourth-order valence-electron chi connectivity index (χ4n) is 3.75. The van der Waals surface area contributed by atoms with Gasteiger partial charge in [0.15, 0.2) is 0 Å². The molecule has 37 heavy (non-hydrogen) atoms. The molecule has 0 heterocycles. The van der Waals surface area contributed by atoms with Gasteiger partial charge in [-0.15, -0.1) is 0 Å². The van der Waals surface area contributed by atoms with Crippen molar-refractivity contribution in [2.75, 3.05) is 31.3 Å². The molecule has 0 bridgehead atoms. The predicted molar refractivity (Wildman–Crippen MR) is 144 cm³/mol. The van der Waals surface area contributed by atoms with Gasteiger partial charge in [-0.25, -0.2) is 0 Å². The number of aliphatic hydroxyl groups excluding tert-OH is 4. The Morgan fingerprint density at radius 1 is 0.514 bits per heavy atom. The van der Waals surface area contributed by atoms with E-state index in [1.807, 2.05) is 78.9 Å². The quantitative estimate of drug-likeness (QED) is 0.230. The van der Waals surface area contributed by atoms with Crippen LogP contribution in [0.5, 0.6) is 11.5 Å². The minimum Gasteiger partial charge on any atom is -0.491 e. The van der Waals surface area contributed by atoms with Crippen molar-refractivity contribution in [1.82, 2.24) is 0 Å². The van der Waals surface area contributed by atoms with Gasteiger partial charge in [-0.1, -0.05) is 42.5 Å². The van der Waals surface area contributed by atoms with E-state index in [2.05, 4.69) is 29.2 Å². The highest BCUT2D eigenvalue weighted by atomic mass is 16.5. The van der Waals surface area contributed by atoms with E-state index < -0.39 is 12.2 Å². The maximum absolute atomic E-state index is 9.52. The van der Waals surface area contributed by atoms with Gasteiger partial charge in [0, 0.05) is 17.1 Å². The first-order chi connectivity index (χ1) is 18.1. The van der Waals surface area contributed by atoms with Gasteiger partial charge >= 0.3 is 0 Å². The molecule has 7 heteroatoms. The fourth-order valence-corrected chi connectivity index (χ4v) is 3.75. The number of aliphatic hydroxyl groups is 4. The highest BCUT2D eigenvalue weighted by Crippen LogP contribution is 2.36. The number of benzene rings is 4. The third-order valence-electron chi connectivity index (χ3n) is 5.73. The molecular formula is C30H31NO6. The van der Waals surface area contributed by atoms with Gasteiger partial charge < -0.3 is 34.8 Å². The summed E-state index contributed by atoms with van der Waals surface area (Å²) in [7, 11) is 0. The van der Waals surface area contributed by atoms with Crippen LogP contribution in [-0.4, -0.2) is 59.1 Å². The van der Waals surface area contributed by atoms with E-state index in [1.54, 1.807) is 0 Å². The molecule has 4 aromatic carbocycles. The molecule has 2 unspecified atom stereocenters. The van der Waals surface area contributed by atoms with E-state index in [-0.39, 0.29) is 26.4 Å². The van der Waals surface area contributed by atoms with Crippen LogP contribution in [0.2, 0.25) is 0 Å². The van der Waals surface area contributed by atoms with E-state index >= 15 is 0 Å². The first-order valence-electron chi connectivity index (χ1n) is 12.1. The molecule has 0 saturated heterocycles. The van der Waals surface area contributed by atoms with Crippen LogP contribution in [0, 0.1) is 0 Å². The summed E-state index contributed by atoms with van der Waals surface area (Å²) in [4.78, 5) is 2.14. The number of anilines is 3. The first kappa shape index (κ1) is 26.2. The second kappa shape index (κ2) is 12.9. The number of para-hydroxylation sites is 1. The average Bonchev–Trinajstić information content (AvgIpc) is 2.96. The predicted octanol–water partition coefficient (Wildman–Crippen LogP) is 4.29. The number of hydrogen-bond acceptors (Lipinski definition) is 7. The molecule has 0 aliphatic carbocycles. The summed E-state index contributed by atoms with van der Waals surface area (Å²) in [5.41, 5.74) is 5.01. The third-order valence-corrected chi connectivity index (χ3v) is 5.73. The molecule has 7 nitrogen and oxygen atoms in total. The Hall–Kier alpha value is -3.88. The lowest BCUT2D eigenvalue weighted by atomic mass is 10.0. The van der Waals surface area contributed by atoms with Crippen molar-refractivity contribution in [3.8, 4) is 22.6 Å². The van der Waals surface area contributed by atoms with E-state index in [4.69, 9.17) is 19.7 Å². The van der Waals surface area contributed by atoms with Crippen LogP contribution in [0.3, 0.4) is 0 Å². The molecule has 4 rings (SSSR count). The van der Waals surface area contributed by atoms with Crippen molar-refractivity contribution in [3.63, 3.8) is 0 Å². The van der Waals surface area contributed by atoms with Crippen molar-refractivity contribution < 1.29 is 29.9 Å². The standard InChI is InChI=1S/C30H31NO6/c32-18-27(34)20-36-29-14-8-23(9-15-29)22-6-10-25(11-7-22)31(24-4-2-1-3-5-24)26-12-16-30(17-13-26)37-21-28(35)19-33/h1-17,27-28,32-35H,18-21H2. The van der Waals surface area contributed by atoms with Gasteiger partial charge in [-0.3, -0.25) is 0 Å². The molecule has 0 fully saturated rings. The molecule has 4 N–H and O–H groups in total. The molecule has 0 radical (unpaired) electrons. The summed E-state index contributed by atoms with van der Waals surface area (Å²) >= 11 is 0. The van der Waals surface area contributed by atoms with Crippen LogP contribution >= 0.6 is 0 Å². The van der Waals surface area contributed by atoms with Crippen molar-refractivity contribution in [1.29, 1.82) is 0 Å². The Morgan fingerprint density at radius 3 is 1.35 bits per heavy atom. The van der Waals surface area contributed by atoms with E-state index in [1.165, 1.54) is 0 Å². The van der Waals surface area contributed by atoms with E-state index in [9.17, 15) is 10.2 Å². The molecular weight excluding hydrogens is 470 g/mol. The highest BCUT2D eigenvalue weighted by Gasteiger charge is 2.13. The molecule has 0 spiro atoms. The van der Waals surface area contributed by atoms with Crippen molar-refractivity contribution >= 4 is 17.1 Å². The Kier molecular flexibility index (Phi) is 9.13. The number of ether oxygens (including phenoxy) is 2. The second-order valence-corrected chi connectivity index (χ2v) is 8.53. The largest absolute Gasteiger partial charge is 0.491 e. The fraction of sp³-hybridized carbons (Fsp3) is 0.200. The lowest BCUT2D eigenvalue weighted by Gasteiger charge is -2.26. The maximum atomic E-state index is 9.52. The monoisotopic (exact) mass is 501 g/mol. The van der Waals surface area contributed by atoms with Gasteiger partial charge in [-0.2, -0.15) is 0 Å². The van der Waals surface area contributed by atoms with Crippen LogP contribution < -0.4 is 14.4 Å². The van der Waals surface area contributed by atoms with Crippen LogP contribution in [-0.2, 0) is 0 Å². The SMILES string of the molecule is OCC(O)COc1ccc(-c2ccc(N(c3ccccc3)c3ccc(OCC(O)CO)cc3)cc2)cc1. The van der Waals surface area contributed by atoms with Gasteiger partial charge in [0.2, 0.25) is 0 Å². The molecule has 0 aliphatic heterocycles. The average molecular weight is 502 g/mol. The van der Waals surface area contributed by atoms with Gasteiger partial charge in [-0.05, 0) is 71.8 Å². The van der Waals surface area contributed by atoms with Crippen LogP contribution in [0.1, 0.15) is 0 Å². The minimum atomic E-state index is -0.915. The van der Waals surface area contributed by atoms with Crippen molar-refractivity contribution in [3.05, 3.63) is 103 Å². The zero-order chi connectivity index (χ0) is 26.0. The van der Waals surface area contributed by atoms with Crippen LogP contribution in [0.25, 0.3) is 11.1 Å². The highest BCUT2D eigenvalue weighted by molar-refractivity contribution is 5.78. The summed E-state index contributed by atoms with van der Waals surface area (Å²) in [5.74, 6) is 1.24. The maximum Gasteiger partial charge on any atom is 0.119 e.